The first-order valence-corrected chi connectivity index (χ1v) is 26.3. The van der Waals surface area contributed by atoms with Gasteiger partial charge in [-0.05, 0) is 53.9 Å². The highest BCUT2D eigenvalue weighted by atomic mass is 33.1. The molecule has 2 fully saturated rings. The number of hydrogen-bond donors (Lipinski definition) is 11. The molecule has 4 rings (SSSR count). The van der Waals surface area contributed by atoms with Crippen molar-refractivity contribution in [2.45, 2.75) is 127 Å². The Morgan fingerprint density at radius 1 is 0.750 bits per heavy atom. The number of likely N-dealkylation sites (tertiary alicyclic amines) is 1. The number of benzene rings is 2. The standard InChI is InChI=1S/C47H68N12O11S2/c1-5-25(4)39-46(69)53-30(15-16-36(49)60)42(65)55-33(20-37(50)61)43(66)57-34(47(70)59-17-9-14-35(59)45(68)56-31(18-24(2)3)41(64)52-21-38(51)62)23-72-71-22-29(48)40(63)54-32(44(67)58-39)19-27-12-8-11-26-10-6-7-13-28(26)27/h6-8,10-13,24-25,29-35,39H,5,9,14-23,48H2,1-4H3,(H2,49,60)(H2,50,61)(H2,51,62)(H,52,64)(H,53,69)(H,54,63)(H,55,65)(H,56,68)(H,57,66)(H,58,67)/t25-,29-,30-,31-,32+,33-,34-,35-,39-/m0/s1. The smallest absolute Gasteiger partial charge is 0.246 e. The van der Waals surface area contributed by atoms with Gasteiger partial charge < -0.3 is 65.1 Å². The number of hydrogen-bond acceptors (Lipinski definition) is 14. The van der Waals surface area contributed by atoms with Gasteiger partial charge in [-0.1, -0.05) is 98.2 Å². The average molecular weight is 1040 g/mol. The van der Waals surface area contributed by atoms with E-state index in [0.29, 0.717) is 18.4 Å². The van der Waals surface area contributed by atoms with Gasteiger partial charge >= 0.3 is 0 Å². The molecule has 72 heavy (non-hydrogen) atoms. The Morgan fingerprint density at radius 2 is 1.39 bits per heavy atom. The van der Waals surface area contributed by atoms with E-state index in [1.54, 1.807) is 13.8 Å². The van der Waals surface area contributed by atoms with Crippen LogP contribution in [0.15, 0.2) is 42.5 Å². The number of carbonyl (C=O) groups excluding carboxylic acids is 11. The minimum absolute atomic E-state index is 0.0207. The van der Waals surface area contributed by atoms with Gasteiger partial charge in [0.15, 0.2) is 0 Å². The van der Waals surface area contributed by atoms with E-state index in [1.807, 2.05) is 56.3 Å². The molecule has 2 heterocycles. The Hall–Kier alpha value is -6.47. The molecule has 23 nitrogen and oxygen atoms in total. The van der Waals surface area contributed by atoms with Crippen molar-refractivity contribution in [1.82, 2.24) is 42.1 Å². The summed E-state index contributed by atoms with van der Waals surface area (Å²) in [5, 5.41) is 19.9. The van der Waals surface area contributed by atoms with E-state index >= 15 is 0 Å². The first-order valence-electron chi connectivity index (χ1n) is 23.8. The second-order valence-corrected chi connectivity index (χ2v) is 20.9. The Morgan fingerprint density at radius 3 is 2.06 bits per heavy atom. The Balaban J connectivity index is 1.72. The largest absolute Gasteiger partial charge is 0.370 e. The summed E-state index contributed by atoms with van der Waals surface area (Å²) in [4.78, 5) is 149. The highest BCUT2D eigenvalue weighted by Gasteiger charge is 2.41. The van der Waals surface area contributed by atoms with Crippen LogP contribution < -0.4 is 60.2 Å². The van der Waals surface area contributed by atoms with Crippen LogP contribution >= 0.6 is 21.6 Å². The van der Waals surface area contributed by atoms with Crippen LogP contribution in [0.5, 0.6) is 0 Å². The average Bonchev–Trinajstić information content (AvgIpc) is 3.83. The fraction of sp³-hybridized carbons (Fsp3) is 0.553. The fourth-order valence-electron chi connectivity index (χ4n) is 8.17. The van der Waals surface area contributed by atoms with Crippen LogP contribution in [0.2, 0.25) is 0 Å². The molecule has 0 bridgehead atoms. The van der Waals surface area contributed by atoms with Crippen LogP contribution in [0.25, 0.3) is 10.8 Å². The van der Waals surface area contributed by atoms with Gasteiger partial charge in [0.1, 0.15) is 42.3 Å². The normalized spacial score (nSPS) is 23.8. The molecule has 11 amide bonds. The fourth-order valence-corrected chi connectivity index (χ4v) is 10.4. The summed E-state index contributed by atoms with van der Waals surface area (Å²) in [6, 6.07) is 2.20. The number of fused-ring (bicyclic) bond motifs is 1. The maximum atomic E-state index is 14.6. The number of nitrogens with one attached hydrogen (secondary N) is 7. The van der Waals surface area contributed by atoms with Crippen molar-refractivity contribution in [3.05, 3.63) is 48.0 Å². The molecular formula is C47H68N12O11S2. The van der Waals surface area contributed by atoms with Gasteiger partial charge in [-0.25, -0.2) is 0 Å². The Kier molecular flexibility index (Phi) is 22.6. The third kappa shape index (κ3) is 17.4. The number of carbonyl (C=O) groups is 11. The van der Waals surface area contributed by atoms with Crippen molar-refractivity contribution in [2.24, 2.45) is 34.8 Å². The Labute approximate surface area is 425 Å². The van der Waals surface area contributed by atoms with E-state index < -0.39 is 139 Å². The van der Waals surface area contributed by atoms with Gasteiger partial charge in [-0.2, -0.15) is 0 Å². The zero-order valence-electron chi connectivity index (χ0n) is 40.9. The van der Waals surface area contributed by atoms with Crippen molar-refractivity contribution >= 4 is 97.3 Å². The summed E-state index contributed by atoms with van der Waals surface area (Å²) in [6.45, 7) is 6.69. The molecule has 0 saturated carbocycles. The predicted octanol–water partition coefficient (Wildman–Crippen LogP) is -2.16. The summed E-state index contributed by atoms with van der Waals surface area (Å²) in [7, 11) is 2.10. The zero-order valence-corrected chi connectivity index (χ0v) is 42.5. The predicted molar refractivity (Wildman–Crippen MR) is 270 cm³/mol. The van der Waals surface area contributed by atoms with Crippen LogP contribution in [0.4, 0.5) is 0 Å². The molecular weight excluding hydrogens is 973 g/mol. The van der Waals surface area contributed by atoms with E-state index in [4.69, 9.17) is 22.9 Å². The van der Waals surface area contributed by atoms with E-state index in [-0.39, 0.29) is 49.7 Å². The van der Waals surface area contributed by atoms with Crippen molar-refractivity contribution in [1.29, 1.82) is 0 Å². The molecule has 9 atom stereocenters. The molecule has 0 aromatic heterocycles. The van der Waals surface area contributed by atoms with E-state index in [0.717, 1.165) is 32.4 Å². The summed E-state index contributed by atoms with van der Waals surface area (Å²) in [5.74, 6) is -10.1. The van der Waals surface area contributed by atoms with Crippen LogP contribution in [0.3, 0.4) is 0 Å². The molecule has 15 N–H and O–H groups in total. The molecule has 2 aromatic carbocycles. The van der Waals surface area contributed by atoms with Gasteiger partial charge in [0.2, 0.25) is 65.0 Å². The summed E-state index contributed by atoms with van der Waals surface area (Å²) >= 11 is 0. The van der Waals surface area contributed by atoms with Crippen molar-refractivity contribution in [2.75, 3.05) is 24.6 Å². The maximum absolute atomic E-state index is 14.6. The molecule has 394 valence electrons. The van der Waals surface area contributed by atoms with Crippen molar-refractivity contribution in [3.63, 3.8) is 0 Å². The lowest BCUT2D eigenvalue weighted by molar-refractivity contribution is -0.142. The molecule has 0 unspecified atom stereocenters. The molecule has 0 spiro atoms. The van der Waals surface area contributed by atoms with Gasteiger partial charge in [0.25, 0.3) is 0 Å². The minimum Gasteiger partial charge on any atom is -0.370 e. The van der Waals surface area contributed by atoms with Gasteiger partial charge in [-0.15, -0.1) is 0 Å². The molecule has 25 heteroatoms. The summed E-state index contributed by atoms with van der Waals surface area (Å²) < 4.78 is 0. The van der Waals surface area contributed by atoms with E-state index in [2.05, 4.69) is 37.2 Å². The third-order valence-corrected chi connectivity index (χ3v) is 14.7. The van der Waals surface area contributed by atoms with Crippen LogP contribution in [0.1, 0.15) is 78.2 Å². The highest BCUT2D eigenvalue weighted by molar-refractivity contribution is 8.76. The van der Waals surface area contributed by atoms with E-state index in [1.165, 1.54) is 4.90 Å². The number of primary amides is 3. The first-order chi connectivity index (χ1) is 34.1. The first kappa shape index (κ1) is 58.1. The Bertz CT molecular complexity index is 2340. The van der Waals surface area contributed by atoms with Crippen LogP contribution in [0, 0.1) is 11.8 Å². The number of nitrogens with two attached hydrogens (primary N) is 4. The minimum atomic E-state index is -1.74. The number of amides is 11. The van der Waals surface area contributed by atoms with Crippen LogP contribution in [-0.4, -0.2) is 143 Å². The topological polar surface area (TPSA) is 379 Å². The quantitative estimate of drug-likeness (QED) is 0.0753. The number of rotatable bonds is 17. The van der Waals surface area contributed by atoms with E-state index in [9.17, 15) is 52.7 Å². The monoisotopic (exact) mass is 1040 g/mol. The second kappa shape index (κ2) is 28.0. The number of nitrogens with zero attached hydrogens (tertiary/aromatic N) is 1. The van der Waals surface area contributed by atoms with Gasteiger partial charge in [0.05, 0.1) is 19.0 Å². The van der Waals surface area contributed by atoms with Gasteiger partial charge in [-0.3, -0.25) is 52.7 Å². The van der Waals surface area contributed by atoms with Crippen molar-refractivity contribution in [3.8, 4) is 0 Å². The molecule has 0 radical (unpaired) electrons. The SMILES string of the molecule is CC[C@H](C)[C@@H]1NC(=O)[C@@H](Cc2cccc3ccccc23)NC(=O)[C@@H](N)CSSC[C@@H](C(=O)N2CCC[C@H]2C(=O)N[C@@H](CC(C)C)C(=O)NCC(N)=O)NC(=O)[C@H](CC(N)=O)NC(=O)[C@H](CCC(N)=O)NC1=O. The second-order valence-electron chi connectivity index (χ2n) is 18.4. The maximum Gasteiger partial charge on any atom is 0.246 e. The van der Waals surface area contributed by atoms with Crippen molar-refractivity contribution < 1.29 is 52.7 Å². The lowest BCUT2D eigenvalue weighted by Gasteiger charge is -2.31. The molecule has 0 aliphatic carbocycles. The van der Waals surface area contributed by atoms with Crippen LogP contribution in [-0.2, 0) is 59.2 Å². The molecule has 2 saturated heterocycles. The lowest BCUT2D eigenvalue weighted by atomic mass is 9.95. The molecule has 2 aliphatic rings. The highest BCUT2D eigenvalue weighted by Crippen LogP contribution is 2.26. The van der Waals surface area contributed by atoms with Gasteiger partial charge in [0, 0.05) is 30.9 Å². The summed E-state index contributed by atoms with van der Waals surface area (Å²) in [5.41, 5.74) is 23.3. The molecule has 2 aliphatic heterocycles. The third-order valence-electron chi connectivity index (χ3n) is 12.2. The summed E-state index contributed by atoms with van der Waals surface area (Å²) in [6.07, 6.45) is -0.533. The zero-order chi connectivity index (χ0) is 53.2. The lowest BCUT2D eigenvalue weighted by Crippen LogP contribution is -2.61. The molecule has 2 aromatic rings.